The Bertz CT molecular complexity index is 655. The highest BCUT2D eigenvalue weighted by molar-refractivity contribution is 6.35. The van der Waals surface area contributed by atoms with Crippen molar-refractivity contribution < 1.29 is 4.39 Å². The highest BCUT2D eigenvalue weighted by atomic mass is 35.5. The molecule has 2 nitrogen and oxygen atoms in total. The van der Waals surface area contributed by atoms with Gasteiger partial charge in [0.25, 0.3) is 0 Å². The second-order valence-corrected chi connectivity index (χ2v) is 5.71. The predicted octanol–water partition coefficient (Wildman–Crippen LogP) is 4.73. The van der Waals surface area contributed by atoms with Crippen LogP contribution < -0.4 is 5.32 Å². The molecule has 1 aliphatic rings. The standard InChI is InChI=1S/C16H18ClFN2/c1-2-9-19-15-10-5-3-4-6-13(10)20-16-11(17)7-8-12(18)14(15)16/h7-8H,2-6,9H2,1H3,(H,19,20). The van der Waals surface area contributed by atoms with Crippen LogP contribution in [0.1, 0.15) is 37.4 Å². The molecule has 3 rings (SSSR count). The summed E-state index contributed by atoms with van der Waals surface area (Å²) in [6, 6.07) is 3.02. The fourth-order valence-electron chi connectivity index (χ4n) is 2.90. The van der Waals surface area contributed by atoms with E-state index in [1.165, 1.54) is 11.6 Å². The van der Waals surface area contributed by atoms with E-state index in [2.05, 4.69) is 17.2 Å². The van der Waals surface area contributed by atoms with Crippen LogP contribution in [0.3, 0.4) is 0 Å². The molecule has 106 valence electrons. The lowest BCUT2D eigenvalue weighted by Gasteiger charge is -2.22. The molecule has 2 aromatic rings. The molecule has 0 radical (unpaired) electrons. The van der Waals surface area contributed by atoms with Gasteiger partial charge in [-0.05, 0) is 49.8 Å². The summed E-state index contributed by atoms with van der Waals surface area (Å²) < 4.78 is 14.3. The number of anilines is 1. The van der Waals surface area contributed by atoms with Gasteiger partial charge in [0.2, 0.25) is 0 Å². The highest BCUT2D eigenvalue weighted by Gasteiger charge is 2.21. The molecule has 1 aromatic carbocycles. The van der Waals surface area contributed by atoms with Gasteiger partial charge >= 0.3 is 0 Å². The van der Waals surface area contributed by atoms with Crippen molar-refractivity contribution in [2.24, 2.45) is 0 Å². The van der Waals surface area contributed by atoms with Gasteiger partial charge in [-0.3, -0.25) is 4.98 Å². The molecule has 20 heavy (non-hydrogen) atoms. The third-order valence-electron chi connectivity index (χ3n) is 3.87. The third kappa shape index (κ3) is 2.24. The summed E-state index contributed by atoms with van der Waals surface area (Å²) >= 11 is 6.22. The fraction of sp³-hybridized carbons (Fsp3) is 0.438. The van der Waals surface area contributed by atoms with Crippen LogP contribution in [-0.2, 0) is 12.8 Å². The maximum Gasteiger partial charge on any atom is 0.134 e. The fourth-order valence-corrected chi connectivity index (χ4v) is 3.10. The van der Waals surface area contributed by atoms with E-state index in [1.807, 2.05) is 0 Å². The number of rotatable bonds is 3. The highest BCUT2D eigenvalue weighted by Crippen LogP contribution is 2.37. The molecule has 1 heterocycles. The molecule has 0 amide bonds. The second-order valence-electron chi connectivity index (χ2n) is 5.30. The van der Waals surface area contributed by atoms with E-state index >= 15 is 0 Å². The Morgan fingerprint density at radius 2 is 2.10 bits per heavy atom. The van der Waals surface area contributed by atoms with E-state index in [0.29, 0.717) is 15.9 Å². The third-order valence-corrected chi connectivity index (χ3v) is 4.17. The largest absolute Gasteiger partial charge is 0.384 e. The van der Waals surface area contributed by atoms with E-state index in [1.54, 1.807) is 6.07 Å². The number of aryl methyl sites for hydroxylation is 1. The smallest absolute Gasteiger partial charge is 0.134 e. The summed E-state index contributed by atoms with van der Waals surface area (Å²) in [4.78, 5) is 4.63. The van der Waals surface area contributed by atoms with Crippen molar-refractivity contribution in [3.8, 4) is 0 Å². The minimum absolute atomic E-state index is 0.246. The van der Waals surface area contributed by atoms with Crippen LogP contribution in [-0.4, -0.2) is 11.5 Å². The van der Waals surface area contributed by atoms with Crippen LogP contribution in [0.4, 0.5) is 10.1 Å². The molecular formula is C16H18ClFN2. The minimum atomic E-state index is -0.246. The van der Waals surface area contributed by atoms with Gasteiger partial charge in [-0.25, -0.2) is 4.39 Å². The first kappa shape index (κ1) is 13.6. The van der Waals surface area contributed by atoms with Crippen LogP contribution in [0.5, 0.6) is 0 Å². The van der Waals surface area contributed by atoms with E-state index < -0.39 is 0 Å². The zero-order valence-electron chi connectivity index (χ0n) is 11.6. The van der Waals surface area contributed by atoms with Crippen molar-refractivity contribution in [1.29, 1.82) is 0 Å². The van der Waals surface area contributed by atoms with Gasteiger partial charge in [0.1, 0.15) is 5.82 Å². The number of nitrogens with zero attached hydrogens (tertiary/aromatic N) is 1. The van der Waals surface area contributed by atoms with Gasteiger partial charge < -0.3 is 5.32 Å². The number of nitrogens with one attached hydrogen (secondary N) is 1. The van der Waals surface area contributed by atoms with Crippen molar-refractivity contribution >= 4 is 28.2 Å². The van der Waals surface area contributed by atoms with Crippen LogP contribution in [0.15, 0.2) is 12.1 Å². The molecule has 0 aliphatic heterocycles. The monoisotopic (exact) mass is 292 g/mol. The quantitative estimate of drug-likeness (QED) is 0.885. The first-order valence-electron chi connectivity index (χ1n) is 7.25. The topological polar surface area (TPSA) is 24.9 Å². The van der Waals surface area contributed by atoms with Gasteiger partial charge in [-0.2, -0.15) is 0 Å². The Hall–Kier alpha value is -1.35. The molecule has 0 spiro atoms. The van der Waals surface area contributed by atoms with Crippen LogP contribution in [0, 0.1) is 5.82 Å². The lowest BCUT2D eigenvalue weighted by atomic mass is 9.92. The molecular weight excluding hydrogens is 275 g/mol. The number of aromatic nitrogens is 1. The van der Waals surface area contributed by atoms with Gasteiger partial charge in [-0.15, -0.1) is 0 Å². The molecule has 0 fully saturated rings. The first-order chi connectivity index (χ1) is 9.72. The molecule has 0 bridgehead atoms. The molecule has 0 saturated carbocycles. The van der Waals surface area contributed by atoms with E-state index in [0.717, 1.165) is 50.0 Å². The molecule has 4 heteroatoms. The summed E-state index contributed by atoms with van der Waals surface area (Å²) in [5, 5.41) is 4.47. The van der Waals surface area contributed by atoms with Crippen molar-refractivity contribution in [1.82, 2.24) is 4.98 Å². The number of hydrogen-bond acceptors (Lipinski definition) is 2. The first-order valence-corrected chi connectivity index (χ1v) is 7.63. The average molecular weight is 293 g/mol. The lowest BCUT2D eigenvalue weighted by Crippen LogP contribution is -2.12. The van der Waals surface area contributed by atoms with E-state index in [9.17, 15) is 4.39 Å². The Balaban J connectivity index is 2.30. The zero-order chi connectivity index (χ0) is 14.1. The maximum atomic E-state index is 14.3. The Morgan fingerprint density at radius 3 is 2.90 bits per heavy atom. The minimum Gasteiger partial charge on any atom is -0.384 e. The Labute approximate surface area is 123 Å². The van der Waals surface area contributed by atoms with Crippen molar-refractivity contribution in [2.75, 3.05) is 11.9 Å². The van der Waals surface area contributed by atoms with Crippen LogP contribution >= 0.6 is 11.6 Å². The number of pyridine rings is 1. The van der Waals surface area contributed by atoms with Gasteiger partial charge in [0.15, 0.2) is 0 Å². The Kier molecular flexibility index (Phi) is 3.79. The average Bonchev–Trinajstić information content (AvgIpc) is 2.48. The summed E-state index contributed by atoms with van der Waals surface area (Å²) in [5.41, 5.74) is 3.76. The molecule has 1 aromatic heterocycles. The van der Waals surface area contributed by atoms with Crippen molar-refractivity contribution in [2.45, 2.75) is 39.0 Å². The summed E-state index contributed by atoms with van der Waals surface area (Å²) in [6.45, 7) is 2.93. The summed E-state index contributed by atoms with van der Waals surface area (Å²) in [7, 11) is 0. The molecule has 0 saturated heterocycles. The summed E-state index contributed by atoms with van der Waals surface area (Å²) in [6.07, 6.45) is 5.21. The van der Waals surface area contributed by atoms with Crippen LogP contribution in [0.2, 0.25) is 5.02 Å². The molecule has 1 N–H and O–H groups in total. The molecule has 0 atom stereocenters. The lowest BCUT2D eigenvalue weighted by molar-refractivity contribution is 0.637. The summed E-state index contributed by atoms with van der Waals surface area (Å²) in [5.74, 6) is -0.246. The maximum absolute atomic E-state index is 14.3. The van der Waals surface area contributed by atoms with Gasteiger partial charge in [-0.1, -0.05) is 18.5 Å². The normalized spacial score (nSPS) is 14.3. The predicted molar refractivity (Wildman–Crippen MR) is 82.1 cm³/mol. The zero-order valence-corrected chi connectivity index (χ0v) is 12.4. The molecule has 0 unspecified atom stereocenters. The van der Waals surface area contributed by atoms with Crippen molar-refractivity contribution in [3.05, 3.63) is 34.2 Å². The van der Waals surface area contributed by atoms with Crippen LogP contribution in [0.25, 0.3) is 10.9 Å². The van der Waals surface area contributed by atoms with E-state index in [-0.39, 0.29) is 5.82 Å². The Morgan fingerprint density at radius 1 is 1.30 bits per heavy atom. The van der Waals surface area contributed by atoms with E-state index in [4.69, 9.17) is 11.6 Å². The number of halogens is 2. The number of hydrogen-bond donors (Lipinski definition) is 1. The number of fused-ring (bicyclic) bond motifs is 2. The molecule has 1 aliphatic carbocycles. The van der Waals surface area contributed by atoms with Gasteiger partial charge in [0.05, 0.1) is 21.6 Å². The SMILES string of the molecule is CCCNc1c2c(nc3c(Cl)ccc(F)c13)CCCC2. The second kappa shape index (κ2) is 5.57. The van der Waals surface area contributed by atoms with Gasteiger partial charge in [0, 0.05) is 12.2 Å². The van der Waals surface area contributed by atoms with Crippen molar-refractivity contribution in [3.63, 3.8) is 0 Å². The number of benzene rings is 1.